The van der Waals surface area contributed by atoms with Crippen molar-refractivity contribution in [2.24, 2.45) is 0 Å². The lowest BCUT2D eigenvalue weighted by atomic mass is 10.1. The van der Waals surface area contributed by atoms with Gasteiger partial charge in [-0.25, -0.2) is 4.79 Å². The van der Waals surface area contributed by atoms with Gasteiger partial charge in [-0.1, -0.05) is 53.5 Å². The zero-order valence-corrected chi connectivity index (χ0v) is 17.9. The first-order valence-electron chi connectivity index (χ1n) is 9.18. The fourth-order valence-corrected chi connectivity index (χ4v) is 3.07. The lowest BCUT2D eigenvalue weighted by molar-refractivity contribution is -0.117. The standard InChI is InChI=1S/C23H16Cl2N2O5/c24-15-10-11-16(18(25)13-15)23(31)32-20-8-4-1-5-14(20)9-12-21(29)26-27-22(30)17-6-2-3-7-19(17)28/h1-13,28H,(H,26,29)(H,27,30)/b12-9+. The summed E-state index contributed by atoms with van der Waals surface area (Å²) in [5.74, 6) is -2.03. The van der Waals surface area contributed by atoms with Crippen molar-refractivity contribution in [3.05, 3.63) is 99.5 Å². The summed E-state index contributed by atoms with van der Waals surface area (Å²) in [5, 5.41) is 10.2. The molecule has 0 bridgehead atoms. The molecule has 9 heteroatoms. The number of esters is 1. The first-order chi connectivity index (χ1) is 15.3. The molecule has 0 aromatic heterocycles. The molecule has 3 aromatic rings. The highest BCUT2D eigenvalue weighted by Gasteiger charge is 2.15. The Balaban J connectivity index is 1.65. The van der Waals surface area contributed by atoms with Gasteiger partial charge < -0.3 is 9.84 Å². The van der Waals surface area contributed by atoms with Gasteiger partial charge in [0, 0.05) is 16.7 Å². The Kier molecular flexibility index (Phi) is 7.49. The minimum Gasteiger partial charge on any atom is -0.507 e. The van der Waals surface area contributed by atoms with E-state index in [-0.39, 0.29) is 27.6 Å². The molecule has 7 nitrogen and oxygen atoms in total. The summed E-state index contributed by atoms with van der Waals surface area (Å²) in [5.41, 5.74) is 4.98. The number of nitrogens with one attached hydrogen (secondary N) is 2. The highest BCUT2D eigenvalue weighted by Crippen LogP contribution is 2.25. The average molecular weight is 471 g/mol. The van der Waals surface area contributed by atoms with Crippen LogP contribution in [0.25, 0.3) is 6.08 Å². The number of rotatable bonds is 5. The predicted octanol–water partition coefficient (Wildman–Crippen LogP) is 4.39. The Morgan fingerprint density at radius 1 is 0.875 bits per heavy atom. The maximum absolute atomic E-state index is 12.5. The molecule has 3 N–H and O–H groups in total. The SMILES string of the molecule is O=C(/C=C/c1ccccc1OC(=O)c1ccc(Cl)cc1Cl)NNC(=O)c1ccccc1O. The number of carbonyl (C=O) groups excluding carboxylic acids is 3. The number of amides is 2. The Morgan fingerprint density at radius 2 is 1.59 bits per heavy atom. The summed E-state index contributed by atoms with van der Waals surface area (Å²) in [7, 11) is 0. The van der Waals surface area contributed by atoms with Gasteiger partial charge in [-0.15, -0.1) is 0 Å². The van der Waals surface area contributed by atoms with Crippen LogP contribution in [0.1, 0.15) is 26.3 Å². The van der Waals surface area contributed by atoms with Crippen LogP contribution in [0.4, 0.5) is 0 Å². The van der Waals surface area contributed by atoms with Crippen molar-refractivity contribution in [2.45, 2.75) is 0 Å². The Labute approximate surface area is 193 Å². The maximum Gasteiger partial charge on any atom is 0.345 e. The third-order valence-corrected chi connectivity index (χ3v) is 4.68. The number of hydrogen-bond donors (Lipinski definition) is 3. The largest absolute Gasteiger partial charge is 0.507 e. The van der Waals surface area contributed by atoms with E-state index in [9.17, 15) is 19.5 Å². The van der Waals surface area contributed by atoms with E-state index in [1.807, 2.05) is 0 Å². The summed E-state index contributed by atoms with van der Waals surface area (Å²) >= 11 is 11.9. The summed E-state index contributed by atoms with van der Waals surface area (Å²) < 4.78 is 5.41. The zero-order valence-electron chi connectivity index (χ0n) is 16.3. The Bertz CT molecular complexity index is 1210. The van der Waals surface area contributed by atoms with Crippen LogP contribution in [0.2, 0.25) is 10.0 Å². The number of phenols is 1. The van der Waals surface area contributed by atoms with Crippen LogP contribution in [0.5, 0.6) is 11.5 Å². The van der Waals surface area contributed by atoms with Crippen LogP contribution < -0.4 is 15.6 Å². The van der Waals surface area contributed by atoms with Gasteiger partial charge in [0.2, 0.25) is 0 Å². The van der Waals surface area contributed by atoms with E-state index in [4.69, 9.17) is 27.9 Å². The van der Waals surface area contributed by atoms with Crippen LogP contribution in [-0.4, -0.2) is 22.9 Å². The van der Waals surface area contributed by atoms with Gasteiger partial charge in [-0.2, -0.15) is 0 Å². The molecule has 162 valence electrons. The van der Waals surface area contributed by atoms with Crippen molar-refractivity contribution in [1.29, 1.82) is 0 Å². The normalized spacial score (nSPS) is 10.6. The van der Waals surface area contributed by atoms with E-state index in [1.54, 1.807) is 36.4 Å². The summed E-state index contributed by atoms with van der Waals surface area (Å²) in [6.07, 6.45) is 2.56. The highest BCUT2D eigenvalue weighted by molar-refractivity contribution is 6.36. The molecule has 0 unspecified atom stereocenters. The van der Waals surface area contributed by atoms with Crippen LogP contribution in [0, 0.1) is 0 Å². The van der Waals surface area contributed by atoms with Crippen molar-refractivity contribution in [3.63, 3.8) is 0 Å². The molecular formula is C23H16Cl2N2O5. The molecule has 3 rings (SSSR count). The summed E-state index contributed by atoms with van der Waals surface area (Å²) in [6, 6.07) is 16.9. The maximum atomic E-state index is 12.5. The van der Waals surface area contributed by atoms with E-state index in [0.717, 1.165) is 6.08 Å². The predicted molar refractivity (Wildman–Crippen MR) is 121 cm³/mol. The second-order valence-electron chi connectivity index (χ2n) is 6.35. The number of aromatic hydroxyl groups is 1. The second kappa shape index (κ2) is 10.5. The van der Waals surface area contributed by atoms with Crippen molar-refractivity contribution >= 4 is 47.1 Å². The monoisotopic (exact) mass is 470 g/mol. The van der Waals surface area contributed by atoms with Gasteiger partial charge in [0.15, 0.2) is 0 Å². The molecule has 3 aromatic carbocycles. The average Bonchev–Trinajstić information content (AvgIpc) is 2.77. The molecule has 0 aliphatic heterocycles. The van der Waals surface area contributed by atoms with Gasteiger partial charge in [-0.3, -0.25) is 20.4 Å². The quantitative estimate of drug-likeness (QED) is 0.222. The molecule has 0 aliphatic carbocycles. The molecule has 0 radical (unpaired) electrons. The van der Waals surface area contributed by atoms with Crippen LogP contribution in [0.3, 0.4) is 0 Å². The van der Waals surface area contributed by atoms with Gasteiger partial charge in [0.25, 0.3) is 11.8 Å². The van der Waals surface area contributed by atoms with Gasteiger partial charge in [-0.05, 0) is 42.5 Å². The molecule has 2 amide bonds. The molecule has 0 saturated heterocycles. The molecule has 0 aliphatic rings. The molecular weight excluding hydrogens is 455 g/mol. The minimum atomic E-state index is -0.688. The highest BCUT2D eigenvalue weighted by atomic mass is 35.5. The van der Waals surface area contributed by atoms with Crippen LogP contribution >= 0.6 is 23.2 Å². The number of ether oxygens (including phenoxy) is 1. The first-order valence-corrected chi connectivity index (χ1v) is 9.93. The minimum absolute atomic E-state index is 0.00916. The number of benzene rings is 3. The van der Waals surface area contributed by atoms with E-state index in [2.05, 4.69) is 10.9 Å². The topological polar surface area (TPSA) is 105 Å². The summed E-state index contributed by atoms with van der Waals surface area (Å²) in [4.78, 5) is 36.5. The van der Waals surface area contributed by atoms with Crippen molar-refractivity contribution in [3.8, 4) is 11.5 Å². The first kappa shape index (κ1) is 22.9. The van der Waals surface area contributed by atoms with E-state index < -0.39 is 17.8 Å². The van der Waals surface area contributed by atoms with E-state index >= 15 is 0 Å². The number of para-hydroxylation sites is 2. The lowest BCUT2D eigenvalue weighted by Gasteiger charge is -2.09. The van der Waals surface area contributed by atoms with Gasteiger partial charge in [0.1, 0.15) is 11.5 Å². The third kappa shape index (κ3) is 5.87. The molecule has 0 heterocycles. The Morgan fingerprint density at radius 3 is 2.34 bits per heavy atom. The number of carbonyl (C=O) groups is 3. The number of phenolic OH excluding ortho intramolecular Hbond substituents is 1. The van der Waals surface area contributed by atoms with Crippen molar-refractivity contribution in [1.82, 2.24) is 10.9 Å². The number of hydrazine groups is 1. The molecule has 0 atom stereocenters. The molecule has 32 heavy (non-hydrogen) atoms. The van der Waals surface area contributed by atoms with Crippen molar-refractivity contribution < 1.29 is 24.2 Å². The van der Waals surface area contributed by atoms with Gasteiger partial charge in [0.05, 0.1) is 16.1 Å². The number of hydrogen-bond acceptors (Lipinski definition) is 5. The lowest BCUT2D eigenvalue weighted by Crippen LogP contribution is -2.40. The zero-order chi connectivity index (χ0) is 23.1. The third-order valence-electron chi connectivity index (χ3n) is 4.13. The van der Waals surface area contributed by atoms with Gasteiger partial charge >= 0.3 is 5.97 Å². The van der Waals surface area contributed by atoms with Crippen molar-refractivity contribution in [2.75, 3.05) is 0 Å². The fraction of sp³-hybridized carbons (Fsp3) is 0. The van der Waals surface area contributed by atoms with E-state index in [0.29, 0.717) is 10.6 Å². The summed E-state index contributed by atoms with van der Waals surface area (Å²) in [6.45, 7) is 0. The van der Waals surface area contributed by atoms with Crippen LogP contribution in [0.15, 0.2) is 72.8 Å². The molecule has 0 spiro atoms. The number of halogens is 2. The van der Waals surface area contributed by atoms with E-state index in [1.165, 1.54) is 36.4 Å². The Hall–Kier alpha value is -3.81. The van der Waals surface area contributed by atoms with Crippen LogP contribution in [-0.2, 0) is 4.79 Å². The molecule has 0 fully saturated rings. The smallest absolute Gasteiger partial charge is 0.345 e. The molecule has 0 saturated carbocycles. The second-order valence-corrected chi connectivity index (χ2v) is 7.19. The fourth-order valence-electron chi connectivity index (χ4n) is 2.58.